The lowest BCUT2D eigenvalue weighted by molar-refractivity contribution is -0.120. The van der Waals surface area contributed by atoms with Gasteiger partial charge in [0.15, 0.2) is 5.16 Å². The molecular weight excluding hydrogens is 379 g/mol. The van der Waals surface area contributed by atoms with Gasteiger partial charge in [0.2, 0.25) is 5.91 Å². The maximum Gasteiger partial charge on any atom is 0.220 e. The first kappa shape index (κ1) is 20.5. The first-order valence-electron chi connectivity index (χ1n) is 9.50. The zero-order valence-corrected chi connectivity index (χ0v) is 16.6. The van der Waals surface area contributed by atoms with Crippen molar-refractivity contribution in [2.75, 3.05) is 18.9 Å². The van der Waals surface area contributed by atoms with Gasteiger partial charge in [-0.25, -0.2) is 4.39 Å². The summed E-state index contributed by atoms with van der Waals surface area (Å²) < 4.78 is 21.9. The number of carbonyl (C=O) groups is 1. The quantitative estimate of drug-likeness (QED) is 0.486. The van der Waals surface area contributed by atoms with Gasteiger partial charge in [-0.3, -0.25) is 9.36 Å². The minimum atomic E-state index is -0.336. The molecule has 2 aromatic rings. The van der Waals surface area contributed by atoms with Crippen LogP contribution in [-0.2, 0) is 16.0 Å². The fraction of sp³-hybridized carbons (Fsp3) is 0.450. The van der Waals surface area contributed by atoms with Gasteiger partial charge in [-0.2, -0.15) is 0 Å². The normalized spacial score (nSPS) is 16.2. The number of aromatic nitrogens is 3. The minimum Gasteiger partial charge on any atom is -0.377 e. The van der Waals surface area contributed by atoms with Crippen LogP contribution >= 0.6 is 11.8 Å². The lowest BCUT2D eigenvalue weighted by Crippen LogP contribution is -2.26. The molecule has 0 aliphatic carbocycles. The van der Waals surface area contributed by atoms with Crippen LogP contribution in [0.1, 0.15) is 31.5 Å². The van der Waals surface area contributed by atoms with Crippen LogP contribution in [-0.4, -0.2) is 45.7 Å². The van der Waals surface area contributed by atoms with Crippen LogP contribution in [0.2, 0.25) is 0 Å². The van der Waals surface area contributed by atoms with Crippen LogP contribution in [0, 0.1) is 5.82 Å². The highest BCUT2D eigenvalue weighted by atomic mass is 32.2. The van der Waals surface area contributed by atoms with Gasteiger partial charge >= 0.3 is 0 Å². The van der Waals surface area contributed by atoms with Crippen LogP contribution in [0.15, 0.2) is 42.1 Å². The molecule has 1 atom stereocenters. The zero-order valence-electron chi connectivity index (χ0n) is 15.8. The number of rotatable bonds is 10. The van der Waals surface area contributed by atoms with Gasteiger partial charge in [0, 0.05) is 31.7 Å². The Balaban J connectivity index is 1.72. The second kappa shape index (κ2) is 10.4. The van der Waals surface area contributed by atoms with Gasteiger partial charge in [0.1, 0.15) is 11.6 Å². The molecule has 2 heterocycles. The SMILES string of the molecule is C=CCCC(=O)NCCc1nnc(SC[C@@H]2CCCO2)n1-c1ccccc1F. The van der Waals surface area contributed by atoms with E-state index >= 15 is 0 Å². The molecule has 0 unspecified atom stereocenters. The third-order valence-corrected chi connectivity index (χ3v) is 5.52. The summed E-state index contributed by atoms with van der Waals surface area (Å²) in [5.74, 6) is 0.997. The highest BCUT2D eigenvalue weighted by molar-refractivity contribution is 7.99. The van der Waals surface area contributed by atoms with Gasteiger partial charge in [-0.1, -0.05) is 30.0 Å². The number of benzene rings is 1. The molecule has 1 aromatic carbocycles. The van der Waals surface area contributed by atoms with E-state index in [-0.39, 0.29) is 17.8 Å². The first-order valence-corrected chi connectivity index (χ1v) is 10.5. The molecule has 1 amide bonds. The summed E-state index contributed by atoms with van der Waals surface area (Å²) in [6.07, 6.45) is 5.52. The van der Waals surface area contributed by atoms with Crippen molar-refractivity contribution < 1.29 is 13.9 Å². The van der Waals surface area contributed by atoms with Crippen molar-refractivity contribution in [2.45, 2.75) is 43.4 Å². The van der Waals surface area contributed by atoms with Crippen molar-refractivity contribution in [1.29, 1.82) is 0 Å². The van der Waals surface area contributed by atoms with Crippen molar-refractivity contribution in [3.63, 3.8) is 0 Å². The number of carbonyl (C=O) groups excluding carboxylic acids is 1. The van der Waals surface area contributed by atoms with E-state index in [2.05, 4.69) is 22.1 Å². The molecule has 0 spiro atoms. The van der Waals surface area contributed by atoms with E-state index in [9.17, 15) is 9.18 Å². The van der Waals surface area contributed by atoms with E-state index < -0.39 is 0 Å². The smallest absolute Gasteiger partial charge is 0.220 e. The summed E-state index contributed by atoms with van der Waals surface area (Å²) in [5, 5.41) is 12.0. The van der Waals surface area contributed by atoms with E-state index in [0.717, 1.165) is 25.2 Å². The Morgan fingerprint density at radius 1 is 1.43 bits per heavy atom. The topological polar surface area (TPSA) is 69.0 Å². The maximum absolute atomic E-state index is 14.5. The molecule has 0 bridgehead atoms. The van der Waals surface area contributed by atoms with Gasteiger partial charge in [-0.15, -0.1) is 16.8 Å². The predicted molar refractivity (Wildman–Crippen MR) is 107 cm³/mol. The summed E-state index contributed by atoms with van der Waals surface area (Å²) in [6, 6.07) is 6.57. The zero-order chi connectivity index (χ0) is 19.8. The molecule has 0 radical (unpaired) electrons. The second-order valence-electron chi connectivity index (χ2n) is 6.56. The molecule has 6 nitrogen and oxygen atoms in total. The Bertz CT molecular complexity index is 805. The van der Waals surface area contributed by atoms with E-state index in [0.29, 0.717) is 42.5 Å². The Morgan fingerprint density at radius 2 is 2.29 bits per heavy atom. The Morgan fingerprint density at radius 3 is 3.04 bits per heavy atom. The monoisotopic (exact) mass is 404 g/mol. The van der Waals surface area contributed by atoms with Crippen molar-refractivity contribution in [2.24, 2.45) is 0 Å². The number of nitrogens with zero attached hydrogens (tertiary/aromatic N) is 3. The van der Waals surface area contributed by atoms with Crippen molar-refractivity contribution in [3.8, 4) is 5.69 Å². The van der Waals surface area contributed by atoms with Crippen LogP contribution < -0.4 is 5.32 Å². The van der Waals surface area contributed by atoms with Crippen molar-refractivity contribution >= 4 is 17.7 Å². The van der Waals surface area contributed by atoms with E-state index in [1.165, 1.54) is 17.8 Å². The standard InChI is InChI=1S/C20H25FN4O2S/c1-2-3-10-19(26)22-12-11-18-23-24-20(28-14-15-7-6-13-27-15)25(18)17-9-5-4-8-16(17)21/h2,4-5,8-9,15H,1,3,6-7,10-14H2,(H,22,26)/t15-/m0/s1. The number of nitrogens with one attached hydrogen (secondary N) is 1. The fourth-order valence-corrected chi connectivity index (χ4v) is 4.04. The number of hydrogen-bond donors (Lipinski definition) is 1. The molecule has 28 heavy (non-hydrogen) atoms. The van der Waals surface area contributed by atoms with E-state index in [4.69, 9.17) is 4.74 Å². The minimum absolute atomic E-state index is 0.0372. The Hall–Kier alpha value is -2.19. The molecule has 0 saturated carbocycles. The maximum atomic E-state index is 14.5. The third-order valence-electron chi connectivity index (χ3n) is 4.46. The molecule has 1 N–H and O–H groups in total. The lowest BCUT2D eigenvalue weighted by atomic mass is 10.2. The number of ether oxygens (including phenoxy) is 1. The second-order valence-corrected chi connectivity index (χ2v) is 7.55. The third kappa shape index (κ3) is 5.42. The number of halogens is 1. The molecule has 1 aliphatic rings. The largest absolute Gasteiger partial charge is 0.377 e. The van der Waals surface area contributed by atoms with Gasteiger partial charge in [0.25, 0.3) is 0 Å². The molecule has 1 fully saturated rings. The van der Waals surface area contributed by atoms with Crippen molar-refractivity contribution in [1.82, 2.24) is 20.1 Å². The van der Waals surface area contributed by atoms with Gasteiger partial charge in [0.05, 0.1) is 11.8 Å². The molecule has 8 heteroatoms. The number of thioether (sulfide) groups is 1. The Kier molecular flexibility index (Phi) is 7.62. The number of amides is 1. The van der Waals surface area contributed by atoms with Crippen LogP contribution in [0.3, 0.4) is 0 Å². The number of hydrogen-bond acceptors (Lipinski definition) is 5. The van der Waals surface area contributed by atoms with E-state index in [1.807, 2.05) is 0 Å². The molecular formula is C20H25FN4O2S. The van der Waals surface area contributed by atoms with E-state index in [1.54, 1.807) is 28.8 Å². The molecule has 3 rings (SSSR count). The van der Waals surface area contributed by atoms with Crippen LogP contribution in [0.25, 0.3) is 5.69 Å². The average molecular weight is 405 g/mol. The Labute approximate surface area is 168 Å². The number of para-hydroxylation sites is 1. The lowest BCUT2D eigenvalue weighted by Gasteiger charge is -2.13. The summed E-state index contributed by atoms with van der Waals surface area (Å²) >= 11 is 1.52. The predicted octanol–water partition coefficient (Wildman–Crippen LogP) is 3.30. The molecule has 1 aromatic heterocycles. The van der Waals surface area contributed by atoms with Crippen LogP contribution in [0.4, 0.5) is 4.39 Å². The summed E-state index contributed by atoms with van der Waals surface area (Å²) in [7, 11) is 0. The fourth-order valence-electron chi connectivity index (χ4n) is 3.01. The summed E-state index contributed by atoms with van der Waals surface area (Å²) in [6.45, 7) is 4.82. The van der Waals surface area contributed by atoms with Gasteiger partial charge < -0.3 is 10.1 Å². The van der Waals surface area contributed by atoms with Gasteiger partial charge in [-0.05, 0) is 31.4 Å². The molecule has 150 valence electrons. The molecule has 1 saturated heterocycles. The highest BCUT2D eigenvalue weighted by Crippen LogP contribution is 2.27. The summed E-state index contributed by atoms with van der Waals surface area (Å²) in [5.41, 5.74) is 0.412. The first-order chi connectivity index (χ1) is 13.7. The van der Waals surface area contributed by atoms with Crippen molar-refractivity contribution in [3.05, 3.63) is 48.6 Å². The average Bonchev–Trinajstić information content (AvgIpc) is 3.35. The highest BCUT2D eigenvalue weighted by Gasteiger charge is 2.21. The summed E-state index contributed by atoms with van der Waals surface area (Å²) in [4.78, 5) is 11.8. The molecule has 1 aliphatic heterocycles. The number of allylic oxidation sites excluding steroid dienone is 1. The van der Waals surface area contributed by atoms with Crippen LogP contribution in [0.5, 0.6) is 0 Å².